The van der Waals surface area contributed by atoms with E-state index in [4.69, 9.17) is 0 Å². The van der Waals surface area contributed by atoms with E-state index in [9.17, 15) is 14.4 Å². The maximum absolute atomic E-state index is 12.0. The van der Waals surface area contributed by atoms with Gasteiger partial charge < -0.3 is 24.8 Å². The van der Waals surface area contributed by atoms with Crippen LogP contribution in [0.5, 0.6) is 0 Å². The molecule has 1 atom stereocenters. The maximum Gasteiger partial charge on any atom is 0.219 e. The van der Waals surface area contributed by atoms with E-state index >= 15 is 0 Å². The normalized spacial score (nSPS) is 19.1. The van der Waals surface area contributed by atoms with Gasteiger partial charge >= 0.3 is 0 Å². The summed E-state index contributed by atoms with van der Waals surface area (Å²) in [6.45, 7) is 8.50. The first-order chi connectivity index (χ1) is 15.8. The minimum absolute atomic E-state index is 0.106. The number of aldehydes is 2. The number of likely N-dealkylation sites (tertiary alicyclic amines) is 1. The summed E-state index contributed by atoms with van der Waals surface area (Å²) < 4.78 is 0. The second-order valence-corrected chi connectivity index (χ2v) is 9.62. The molecule has 0 aliphatic carbocycles. The van der Waals surface area contributed by atoms with Crippen LogP contribution in [0.1, 0.15) is 54.4 Å². The molecule has 180 valence electrons. The largest absolute Gasteiger partial charge is 0.371 e. The first kappa shape index (κ1) is 25.0. The predicted octanol–water partition coefficient (Wildman–Crippen LogP) is 2.81. The van der Waals surface area contributed by atoms with Gasteiger partial charge in [-0.05, 0) is 63.7 Å². The molecular formula is C26H38N4O3. The molecule has 33 heavy (non-hydrogen) atoms. The van der Waals surface area contributed by atoms with Crippen LogP contribution in [0.2, 0.25) is 0 Å². The molecule has 1 aromatic carbocycles. The van der Waals surface area contributed by atoms with Crippen LogP contribution in [0.25, 0.3) is 5.70 Å². The Morgan fingerprint density at radius 1 is 1.18 bits per heavy atom. The molecule has 1 N–H and O–H groups in total. The summed E-state index contributed by atoms with van der Waals surface area (Å²) in [6.07, 6.45) is 7.15. The number of likely N-dealkylation sites (N-methyl/N-ethyl adjacent to an activating group) is 1. The Hall–Kier alpha value is -2.67. The van der Waals surface area contributed by atoms with Crippen molar-refractivity contribution in [2.24, 2.45) is 5.41 Å². The molecular weight excluding hydrogens is 416 g/mol. The number of carbonyl (C=O) groups is 3. The minimum Gasteiger partial charge on any atom is -0.371 e. The highest BCUT2D eigenvalue weighted by Gasteiger charge is 2.37. The number of hydrogen-bond donors (Lipinski definition) is 1. The summed E-state index contributed by atoms with van der Waals surface area (Å²) in [6, 6.07) is 5.27. The Morgan fingerprint density at radius 3 is 2.39 bits per heavy atom. The Morgan fingerprint density at radius 2 is 1.82 bits per heavy atom. The highest BCUT2D eigenvalue weighted by atomic mass is 16.1. The topological polar surface area (TPSA) is 73.0 Å². The van der Waals surface area contributed by atoms with Gasteiger partial charge in [0.1, 0.15) is 6.29 Å². The number of anilines is 1. The zero-order valence-corrected chi connectivity index (χ0v) is 20.3. The van der Waals surface area contributed by atoms with Crippen molar-refractivity contribution >= 4 is 29.9 Å². The molecule has 0 radical (unpaired) electrons. The summed E-state index contributed by atoms with van der Waals surface area (Å²) in [5.74, 6) is -0.106. The molecule has 2 aliphatic rings. The van der Waals surface area contributed by atoms with Crippen LogP contribution in [0.3, 0.4) is 0 Å². The number of nitrogens with zero attached hydrogens (tertiary/aromatic N) is 3. The third kappa shape index (κ3) is 5.64. The zero-order chi connectivity index (χ0) is 24.0. The van der Waals surface area contributed by atoms with Crippen molar-refractivity contribution in [1.29, 1.82) is 0 Å². The number of benzene rings is 1. The molecule has 1 amide bonds. The molecule has 2 heterocycles. The average molecular weight is 455 g/mol. The highest BCUT2D eigenvalue weighted by Crippen LogP contribution is 2.43. The lowest BCUT2D eigenvalue weighted by molar-refractivity contribution is -0.121. The molecule has 0 aromatic heterocycles. The van der Waals surface area contributed by atoms with Crippen LogP contribution in [0.4, 0.5) is 5.69 Å². The molecule has 2 fully saturated rings. The lowest BCUT2D eigenvalue weighted by atomic mass is 9.71. The third-order valence-corrected chi connectivity index (χ3v) is 7.73. The van der Waals surface area contributed by atoms with E-state index in [0.29, 0.717) is 23.1 Å². The summed E-state index contributed by atoms with van der Waals surface area (Å²) >= 11 is 0. The van der Waals surface area contributed by atoms with Gasteiger partial charge in [-0.2, -0.15) is 0 Å². The monoisotopic (exact) mass is 454 g/mol. The molecule has 1 spiro atoms. The van der Waals surface area contributed by atoms with E-state index in [1.807, 2.05) is 6.07 Å². The van der Waals surface area contributed by atoms with Gasteiger partial charge in [0.25, 0.3) is 0 Å². The van der Waals surface area contributed by atoms with Crippen LogP contribution in [-0.2, 0) is 9.59 Å². The van der Waals surface area contributed by atoms with Gasteiger partial charge in [0, 0.05) is 56.1 Å². The van der Waals surface area contributed by atoms with Gasteiger partial charge in [0.15, 0.2) is 6.29 Å². The van der Waals surface area contributed by atoms with Crippen molar-refractivity contribution in [2.75, 3.05) is 52.2 Å². The highest BCUT2D eigenvalue weighted by molar-refractivity contribution is 5.91. The van der Waals surface area contributed by atoms with E-state index < -0.39 is 6.04 Å². The van der Waals surface area contributed by atoms with E-state index in [2.05, 4.69) is 34.8 Å². The molecule has 2 saturated heterocycles. The number of rotatable bonds is 9. The van der Waals surface area contributed by atoms with Gasteiger partial charge in [0.05, 0.1) is 6.04 Å². The summed E-state index contributed by atoms with van der Waals surface area (Å²) in [7, 11) is 5.59. The standard InChI is InChI=1S/C26H38N4O3/c1-20(29(4)22(19-32)8-9-24(33)27-2)25-21(18-31)6-5-7-23(25)30-16-12-26(13-17-30)10-14-28(3)15-11-26/h5-7,18-19,22H,1,8-17H2,2-4H3,(H,27,33). The number of amides is 1. The predicted molar refractivity (Wildman–Crippen MR) is 132 cm³/mol. The maximum atomic E-state index is 12.0. The van der Waals surface area contributed by atoms with Crippen molar-refractivity contribution < 1.29 is 14.4 Å². The second-order valence-electron chi connectivity index (χ2n) is 9.62. The lowest BCUT2D eigenvalue weighted by Gasteiger charge is -2.47. The Labute approximate surface area is 197 Å². The fourth-order valence-electron chi connectivity index (χ4n) is 5.18. The van der Waals surface area contributed by atoms with Crippen molar-refractivity contribution in [1.82, 2.24) is 15.1 Å². The second kappa shape index (κ2) is 11.0. The molecule has 7 nitrogen and oxygen atoms in total. The smallest absolute Gasteiger partial charge is 0.219 e. The van der Waals surface area contributed by atoms with Gasteiger partial charge in [0.2, 0.25) is 5.91 Å². The van der Waals surface area contributed by atoms with Crippen LogP contribution in [0, 0.1) is 5.41 Å². The third-order valence-electron chi connectivity index (χ3n) is 7.73. The molecule has 2 aliphatic heterocycles. The van der Waals surface area contributed by atoms with Crippen LogP contribution < -0.4 is 10.2 Å². The van der Waals surface area contributed by atoms with Gasteiger partial charge in [-0.1, -0.05) is 18.7 Å². The van der Waals surface area contributed by atoms with Crippen LogP contribution in [-0.4, -0.2) is 81.6 Å². The molecule has 0 saturated carbocycles. The van der Waals surface area contributed by atoms with E-state index in [1.165, 1.54) is 12.8 Å². The van der Waals surface area contributed by atoms with E-state index in [1.54, 1.807) is 25.1 Å². The number of nitrogens with one attached hydrogen (secondary N) is 1. The summed E-state index contributed by atoms with van der Waals surface area (Å²) in [5, 5.41) is 2.59. The molecule has 0 bridgehead atoms. The Kier molecular flexibility index (Phi) is 8.30. The molecule has 1 unspecified atom stereocenters. The van der Waals surface area contributed by atoms with Crippen molar-refractivity contribution in [3.05, 3.63) is 35.9 Å². The Balaban J connectivity index is 1.80. The molecule has 3 rings (SSSR count). The fourth-order valence-corrected chi connectivity index (χ4v) is 5.18. The average Bonchev–Trinajstić information content (AvgIpc) is 2.85. The Bertz CT molecular complexity index is 866. The lowest BCUT2D eigenvalue weighted by Crippen LogP contribution is -2.46. The van der Waals surface area contributed by atoms with Gasteiger partial charge in [-0.15, -0.1) is 0 Å². The molecule has 1 aromatic rings. The van der Waals surface area contributed by atoms with E-state index in [0.717, 1.165) is 62.8 Å². The van der Waals surface area contributed by atoms with Crippen molar-refractivity contribution in [3.8, 4) is 0 Å². The summed E-state index contributed by atoms with van der Waals surface area (Å²) in [5.41, 5.74) is 3.40. The quantitative estimate of drug-likeness (QED) is 0.579. The fraction of sp³-hybridized carbons (Fsp3) is 0.577. The number of hydrogen-bond acceptors (Lipinski definition) is 6. The van der Waals surface area contributed by atoms with Gasteiger partial charge in [-0.3, -0.25) is 9.59 Å². The number of carbonyl (C=O) groups excluding carboxylic acids is 3. The SMILES string of the molecule is C=C(c1c(C=O)cccc1N1CCC2(CCN(C)CC2)CC1)N(C)C(C=O)CCC(=O)NC. The number of piperidine rings is 2. The van der Waals surface area contributed by atoms with Crippen LogP contribution in [0.15, 0.2) is 24.8 Å². The van der Waals surface area contributed by atoms with Crippen LogP contribution >= 0.6 is 0 Å². The minimum atomic E-state index is -0.494. The van der Waals surface area contributed by atoms with E-state index in [-0.39, 0.29) is 12.3 Å². The summed E-state index contributed by atoms with van der Waals surface area (Å²) in [4.78, 5) is 42.0. The zero-order valence-electron chi connectivity index (χ0n) is 20.3. The van der Waals surface area contributed by atoms with Crippen molar-refractivity contribution in [2.45, 2.75) is 44.6 Å². The first-order valence-corrected chi connectivity index (χ1v) is 11.9. The molecule has 7 heteroatoms. The first-order valence-electron chi connectivity index (χ1n) is 11.9. The van der Waals surface area contributed by atoms with Crippen molar-refractivity contribution in [3.63, 3.8) is 0 Å². The van der Waals surface area contributed by atoms with Gasteiger partial charge in [-0.25, -0.2) is 0 Å².